The molecule has 4 heteroatoms. The second kappa shape index (κ2) is 7.98. The van der Waals surface area contributed by atoms with Crippen LogP contribution in [0, 0.1) is 11.3 Å². The number of fused-ring (bicyclic) bond motifs is 1. The van der Waals surface area contributed by atoms with E-state index in [1.165, 1.54) is 11.1 Å². The second-order valence-electron chi connectivity index (χ2n) is 7.20. The van der Waals surface area contributed by atoms with Gasteiger partial charge in [-0.2, -0.15) is 0 Å². The van der Waals surface area contributed by atoms with Crippen molar-refractivity contribution in [1.82, 2.24) is 4.90 Å². The van der Waals surface area contributed by atoms with Gasteiger partial charge in [-0.25, -0.2) is 0 Å². The quantitative estimate of drug-likeness (QED) is 0.905. The van der Waals surface area contributed by atoms with E-state index in [4.69, 9.17) is 5.73 Å². The zero-order valence-corrected chi connectivity index (χ0v) is 14.8. The first-order valence-electron chi connectivity index (χ1n) is 7.92. The van der Waals surface area contributed by atoms with Crippen molar-refractivity contribution in [3.8, 4) is 0 Å². The Morgan fingerprint density at radius 1 is 1.32 bits per heavy atom. The molecule has 1 aromatic carbocycles. The van der Waals surface area contributed by atoms with Crippen molar-refractivity contribution in [1.29, 1.82) is 0 Å². The molecule has 0 bridgehead atoms. The molecule has 1 amide bonds. The molecule has 1 atom stereocenters. The number of halogens is 1. The summed E-state index contributed by atoms with van der Waals surface area (Å²) in [5.74, 6) is 0.733. The van der Waals surface area contributed by atoms with Gasteiger partial charge in [0.05, 0.1) is 0 Å². The lowest BCUT2D eigenvalue weighted by Crippen LogP contribution is -2.40. The van der Waals surface area contributed by atoms with Crippen LogP contribution in [0.4, 0.5) is 0 Å². The number of hydrogen-bond acceptors (Lipinski definition) is 2. The van der Waals surface area contributed by atoms with E-state index in [1.807, 2.05) is 11.9 Å². The predicted octanol–water partition coefficient (Wildman–Crippen LogP) is 3.05. The fourth-order valence-electron chi connectivity index (χ4n) is 3.15. The Labute approximate surface area is 140 Å². The first kappa shape index (κ1) is 19.0. The Morgan fingerprint density at radius 2 is 1.95 bits per heavy atom. The summed E-state index contributed by atoms with van der Waals surface area (Å²) < 4.78 is 0. The summed E-state index contributed by atoms with van der Waals surface area (Å²) in [4.78, 5) is 14.3. The Bertz CT molecular complexity index is 502. The number of carbonyl (C=O) groups is 1. The fourth-order valence-corrected chi connectivity index (χ4v) is 3.15. The number of aryl methyl sites for hydroxylation is 1. The van der Waals surface area contributed by atoms with Crippen LogP contribution in [0.3, 0.4) is 0 Å². The molecule has 1 unspecified atom stereocenters. The number of hydrogen-bond donors (Lipinski definition) is 1. The molecule has 0 saturated carbocycles. The molecule has 0 aliphatic heterocycles. The van der Waals surface area contributed by atoms with E-state index in [9.17, 15) is 4.79 Å². The molecule has 1 aromatic rings. The molecule has 0 aromatic heterocycles. The maximum absolute atomic E-state index is 12.4. The minimum absolute atomic E-state index is 0. The lowest BCUT2D eigenvalue weighted by atomic mass is 9.82. The van der Waals surface area contributed by atoms with Crippen LogP contribution >= 0.6 is 12.4 Å². The average Bonchev–Trinajstić information content (AvgIpc) is 2.46. The van der Waals surface area contributed by atoms with Crippen molar-refractivity contribution in [2.45, 2.75) is 39.5 Å². The molecule has 0 fully saturated rings. The fraction of sp³-hybridized carbons (Fsp3) is 0.611. The van der Waals surface area contributed by atoms with Gasteiger partial charge in [0.25, 0.3) is 0 Å². The molecular formula is C18H29ClN2O. The molecule has 0 saturated heterocycles. The lowest BCUT2D eigenvalue weighted by Gasteiger charge is -2.31. The van der Waals surface area contributed by atoms with Crippen LogP contribution in [-0.2, 0) is 17.6 Å². The normalized spacial score (nSPS) is 17.4. The van der Waals surface area contributed by atoms with E-state index in [0.29, 0.717) is 18.9 Å². The van der Waals surface area contributed by atoms with E-state index in [-0.39, 0.29) is 23.7 Å². The third-order valence-corrected chi connectivity index (χ3v) is 4.56. The lowest BCUT2D eigenvalue weighted by molar-refractivity contribution is -0.132. The molecule has 1 aliphatic rings. The Hall–Kier alpha value is -1.06. The van der Waals surface area contributed by atoms with E-state index >= 15 is 0 Å². The molecule has 124 valence electrons. The maximum Gasteiger partial charge on any atom is 0.222 e. The third-order valence-electron chi connectivity index (χ3n) is 4.56. The maximum atomic E-state index is 12.4. The number of rotatable bonds is 5. The largest absolute Gasteiger partial charge is 0.345 e. The van der Waals surface area contributed by atoms with Gasteiger partial charge in [-0.05, 0) is 48.3 Å². The zero-order chi connectivity index (χ0) is 15.5. The van der Waals surface area contributed by atoms with Gasteiger partial charge in [0.15, 0.2) is 0 Å². The molecule has 22 heavy (non-hydrogen) atoms. The topological polar surface area (TPSA) is 46.3 Å². The standard InChI is InChI=1S/C18H28N2O.ClH/c1-18(2,12-19)13-20(3)17(21)11-14-8-9-15-6-4-5-7-16(15)10-14;/h4-7,14H,8-13,19H2,1-3H3;1H. The third kappa shape index (κ3) is 4.99. The molecule has 0 spiro atoms. The monoisotopic (exact) mass is 324 g/mol. The number of carbonyl (C=O) groups excluding carboxylic acids is 1. The van der Waals surface area contributed by atoms with Crippen molar-refractivity contribution >= 4 is 18.3 Å². The summed E-state index contributed by atoms with van der Waals surface area (Å²) in [6, 6.07) is 8.61. The van der Waals surface area contributed by atoms with Crippen molar-refractivity contribution in [3.05, 3.63) is 35.4 Å². The van der Waals surface area contributed by atoms with Crippen molar-refractivity contribution < 1.29 is 4.79 Å². The van der Waals surface area contributed by atoms with Crippen LogP contribution in [0.5, 0.6) is 0 Å². The van der Waals surface area contributed by atoms with Gasteiger partial charge in [0.2, 0.25) is 5.91 Å². The van der Waals surface area contributed by atoms with Crippen molar-refractivity contribution in [2.75, 3.05) is 20.1 Å². The minimum atomic E-state index is -0.0103. The van der Waals surface area contributed by atoms with Crippen LogP contribution in [0.1, 0.15) is 37.8 Å². The summed E-state index contributed by atoms with van der Waals surface area (Å²) in [7, 11) is 1.90. The van der Waals surface area contributed by atoms with Gasteiger partial charge in [-0.1, -0.05) is 38.1 Å². The van der Waals surface area contributed by atoms with Crippen LogP contribution in [0.25, 0.3) is 0 Å². The first-order valence-corrected chi connectivity index (χ1v) is 7.92. The number of nitrogens with zero attached hydrogens (tertiary/aromatic N) is 1. The Morgan fingerprint density at radius 3 is 2.59 bits per heavy atom. The van der Waals surface area contributed by atoms with Crippen LogP contribution in [-0.4, -0.2) is 30.9 Å². The summed E-state index contributed by atoms with van der Waals surface area (Å²) in [5.41, 5.74) is 8.62. The number of nitrogens with two attached hydrogens (primary N) is 1. The Balaban J connectivity index is 0.00000242. The highest BCUT2D eigenvalue weighted by Gasteiger charge is 2.25. The summed E-state index contributed by atoms with van der Waals surface area (Å²) in [6.45, 7) is 5.54. The summed E-state index contributed by atoms with van der Waals surface area (Å²) in [5, 5.41) is 0. The van der Waals surface area contributed by atoms with Crippen molar-refractivity contribution in [3.63, 3.8) is 0 Å². The molecular weight excluding hydrogens is 296 g/mol. The highest BCUT2D eigenvalue weighted by Crippen LogP contribution is 2.28. The second-order valence-corrected chi connectivity index (χ2v) is 7.20. The number of benzene rings is 1. The highest BCUT2D eigenvalue weighted by molar-refractivity contribution is 5.85. The summed E-state index contributed by atoms with van der Waals surface area (Å²) >= 11 is 0. The zero-order valence-electron chi connectivity index (χ0n) is 14.0. The van der Waals surface area contributed by atoms with Gasteiger partial charge >= 0.3 is 0 Å². The molecule has 2 N–H and O–H groups in total. The predicted molar refractivity (Wildman–Crippen MR) is 94.3 cm³/mol. The average molecular weight is 325 g/mol. The van der Waals surface area contributed by atoms with Crippen molar-refractivity contribution in [2.24, 2.45) is 17.1 Å². The first-order chi connectivity index (χ1) is 9.91. The van der Waals surface area contributed by atoms with Gasteiger partial charge < -0.3 is 10.6 Å². The number of amides is 1. The molecule has 0 radical (unpaired) electrons. The van der Waals surface area contributed by atoms with Gasteiger partial charge in [0.1, 0.15) is 0 Å². The van der Waals surface area contributed by atoms with Gasteiger partial charge in [0, 0.05) is 20.0 Å². The van der Waals surface area contributed by atoms with Crippen LogP contribution in [0.15, 0.2) is 24.3 Å². The Kier molecular flexibility index (Phi) is 6.89. The summed E-state index contributed by atoms with van der Waals surface area (Å²) in [6.07, 6.45) is 3.92. The van der Waals surface area contributed by atoms with Crippen LogP contribution in [0.2, 0.25) is 0 Å². The van der Waals surface area contributed by atoms with E-state index < -0.39 is 0 Å². The molecule has 1 aliphatic carbocycles. The minimum Gasteiger partial charge on any atom is -0.345 e. The molecule has 2 rings (SSSR count). The van der Waals surface area contributed by atoms with E-state index in [2.05, 4.69) is 38.1 Å². The SMILES string of the molecule is CN(CC(C)(C)CN)C(=O)CC1CCc2ccccc2C1.Cl. The molecule has 0 heterocycles. The van der Waals surface area contributed by atoms with Gasteiger partial charge in [-0.15, -0.1) is 12.4 Å². The smallest absolute Gasteiger partial charge is 0.222 e. The van der Waals surface area contributed by atoms with E-state index in [1.54, 1.807) is 0 Å². The van der Waals surface area contributed by atoms with Gasteiger partial charge in [-0.3, -0.25) is 4.79 Å². The highest BCUT2D eigenvalue weighted by atomic mass is 35.5. The van der Waals surface area contributed by atoms with Crippen LogP contribution < -0.4 is 5.73 Å². The molecule has 3 nitrogen and oxygen atoms in total. The van der Waals surface area contributed by atoms with E-state index in [0.717, 1.165) is 25.8 Å².